The Morgan fingerprint density at radius 1 is 0.600 bits per heavy atom. The number of hydrogen-bond donors (Lipinski definition) is 2. The Balaban J connectivity index is 5.86. The Bertz CT molecular complexity index is 461. The van der Waals surface area contributed by atoms with Gasteiger partial charge in [0.05, 0.1) is 0 Å². The minimum Gasteiger partial charge on any atom is -0.402 e. The van der Waals surface area contributed by atoms with Crippen LogP contribution in [0.4, 0.5) is 57.1 Å². The summed E-state index contributed by atoms with van der Waals surface area (Å²) in [7, 11) is -2.87. The second-order valence-electron chi connectivity index (χ2n) is 4.45. The first kappa shape index (κ1) is 24.0. The molecule has 25 heavy (non-hydrogen) atoms. The van der Waals surface area contributed by atoms with E-state index in [2.05, 4.69) is 4.65 Å². The van der Waals surface area contributed by atoms with Crippen molar-refractivity contribution in [2.24, 2.45) is 0 Å². The first-order valence-electron chi connectivity index (χ1n) is 5.60. The molecule has 0 aromatic carbocycles. The van der Waals surface area contributed by atoms with Crippen molar-refractivity contribution < 1.29 is 71.8 Å². The zero-order chi connectivity index (χ0) is 20.7. The first-order valence-corrected chi connectivity index (χ1v) is 5.60. The molecule has 2 N–H and O–H groups in total. The van der Waals surface area contributed by atoms with Crippen LogP contribution in [0, 0.1) is 0 Å². The molecule has 0 aliphatic carbocycles. The quantitative estimate of drug-likeness (QED) is 0.480. The lowest BCUT2D eigenvalue weighted by molar-refractivity contribution is -0.440. The fourth-order valence-corrected chi connectivity index (χ4v) is 1.25. The van der Waals surface area contributed by atoms with E-state index in [9.17, 15) is 57.1 Å². The van der Waals surface area contributed by atoms with Crippen molar-refractivity contribution in [2.75, 3.05) is 6.61 Å². The molecule has 17 heteroatoms. The minimum atomic E-state index is -7.96. The summed E-state index contributed by atoms with van der Waals surface area (Å²) in [6.07, 6.45) is -10.1. The van der Waals surface area contributed by atoms with Crippen LogP contribution in [0.25, 0.3) is 0 Å². The molecule has 0 bridgehead atoms. The molecule has 0 aliphatic heterocycles. The van der Waals surface area contributed by atoms with Crippen molar-refractivity contribution in [1.82, 2.24) is 0 Å². The maximum atomic E-state index is 13.1. The molecule has 0 saturated carbocycles. The van der Waals surface area contributed by atoms with Gasteiger partial charge in [-0.3, -0.25) is 0 Å². The van der Waals surface area contributed by atoms with Gasteiger partial charge < -0.3 is 14.7 Å². The Labute approximate surface area is 129 Å². The summed E-state index contributed by atoms with van der Waals surface area (Å²) in [5.41, 5.74) is 0. The van der Waals surface area contributed by atoms with E-state index in [1.807, 2.05) is 0 Å². The normalized spacial score (nSPS) is 15.5. The van der Waals surface area contributed by atoms with E-state index in [1.165, 1.54) is 0 Å². The van der Waals surface area contributed by atoms with Crippen LogP contribution in [-0.2, 0) is 4.65 Å². The SMILES string of the molecule is OB(O)OCCC(F)(F)C(F)(F)C(F)(F)C(F)(F)C(F)(F)C(F)(F)F. The van der Waals surface area contributed by atoms with Gasteiger partial charge in [-0.25, -0.2) is 0 Å². The predicted octanol–water partition coefficient (Wildman–Crippen LogP) is 3.10. The van der Waals surface area contributed by atoms with Crippen LogP contribution >= 0.6 is 0 Å². The van der Waals surface area contributed by atoms with Crippen LogP contribution in [0.1, 0.15) is 6.42 Å². The molecule has 0 spiro atoms. The molecular formula is C8H6BF13O3. The summed E-state index contributed by atoms with van der Waals surface area (Å²) in [6.45, 7) is -1.88. The summed E-state index contributed by atoms with van der Waals surface area (Å²) in [5.74, 6) is -37.3. The molecule has 0 aromatic heterocycles. The number of hydrogen-bond acceptors (Lipinski definition) is 3. The van der Waals surface area contributed by atoms with Crippen molar-refractivity contribution >= 4 is 7.32 Å². The van der Waals surface area contributed by atoms with Crippen LogP contribution in [0.2, 0.25) is 0 Å². The van der Waals surface area contributed by atoms with E-state index in [4.69, 9.17) is 10.0 Å². The molecule has 0 unspecified atom stereocenters. The van der Waals surface area contributed by atoms with Crippen LogP contribution in [0.3, 0.4) is 0 Å². The lowest BCUT2D eigenvalue weighted by atomic mass is 9.93. The van der Waals surface area contributed by atoms with Gasteiger partial charge in [-0.2, -0.15) is 57.1 Å². The second kappa shape index (κ2) is 6.64. The van der Waals surface area contributed by atoms with Gasteiger partial charge in [0, 0.05) is 13.0 Å². The topological polar surface area (TPSA) is 49.7 Å². The van der Waals surface area contributed by atoms with E-state index in [0.29, 0.717) is 0 Å². The summed E-state index contributed by atoms with van der Waals surface area (Å²) in [6, 6.07) is 0. The van der Waals surface area contributed by atoms with Crippen LogP contribution in [0.15, 0.2) is 0 Å². The van der Waals surface area contributed by atoms with Crippen LogP contribution in [-0.4, -0.2) is 59.8 Å². The van der Waals surface area contributed by atoms with Gasteiger partial charge in [0.1, 0.15) is 0 Å². The molecule has 0 aromatic rings. The van der Waals surface area contributed by atoms with Gasteiger partial charge in [0.2, 0.25) is 0 Å². The molecule has 0 atom stereocenters. The van der Waals surface area contributed by atoms with E-state index in [0.717, 1.165) is 0 Å². The lowest BCUT2D eigenvalue weighted by Crippen LogP contribution is -2.70. The van der Waals surface area contributed by atoms with Gasteiger partial charge in [0.25, 0.3) is 0 Å². The molecule has 150 valence electrons. The highest BCUT2D eigenvalue weighted by Crippen LogP contribution is 2.60. The summed E-state index contributed by atoms with van der Waals surface area (Å²) in [4.78, 5) is 0. The molecular weight excluding hydrogens is 402 g/mol. The molecule has 3 nitrogen and oxygen atoms in total. The Morgan fingerprint density at radius 2 is 0.960 bits per heavy atom. The molecule has 0 amide bonds. The Kier molecular flexibility index (Phi) is 6.39. The van der Waals surface area contributed by atoms with Gasteiger partial charge >= 0.3 is 43.1 Å². The highest BCUT2D eigenvalue weighted by Gasteiger charge is 2.90. The molecule has 0 aliphatic rings. The molecule has 0 saturated heterocycles. The van der Waals surface area contributed by atoms with E-state index in [1.54, 1.807) is 0 Å². The smallest absolute Gasteiger partial charge is 0.402 e. The zero-order valence-electron chi connectivity index (χ0n) is 11.2. The van der Waals surface area contributed by atoms with Crippen molar-refractivity contribution in [2.45, 2.75) is 42.2 Å². The predicted molar refractivity (Wildman–Crippen MR) is 51.6 cm³/mol. The van der Waals surface area contributed by atoms with Gasteiger partial charge in [-0.05, 0) is 0 Å². The Morgan fingerprint density at radius 3 is 1.28 bits per heavy atom. The highest BCUT2D eigenvalue weighted by molar-refractivity contribution is 6.32. The van der Waals surface area contributed by atoms with Crippen molar-refractivity contribution in [3.63, 3.8) is 0 Å². The van der Waals surface area contributed by atoms with Crippen molar-refractivity contribution in [1.29, 1.82) is 0 Å². The van der Waals surface area contributed by atoms with Gasteiger partial charge in [-0.1, -0.05) is 0 Å². The highest BCUT2D eigenvalue weighted by atomic mass is 19.4. The standard InChI is InChI=1S/C8H6BF13O3/c10-3(11,1-2-25-9(23)24)4(12,13)5(14,15)6(16,17)7(18,19)8(20,21)22/h23-24H,1-2H2. The molecule has 0 rings (SSSR count). The monoisotopic (exact) mass is 408 g/mol. The number of alkyl halides is 13. The maximum Gasteiger partial charge on any atom is 0.633 e. The maximum absolute atomic E-state index is 13.1. The first-order chi connectivity index (χ1) is 10.7. The fourth-order valence-electron chi connectivity index (χ4n) is 1.25. The lowest BCUT2D eigenvalue weighted by Gasteiger charge is -2.39. The third-order valence-electron chi connectivity index (χ3n) is 2.68. The molecule has 0 radical (unpaired) electrons. The van der Waals surface area contributed by atoms with Gasteiger partial charge in [-0.15, -0.1) is 0 Å². The third-order valence-corrected chi connectivity index (χ3v) is 2.68. The number of rotatable bonds is 8. The van der Waals surface area contributed by atoms with E-state index >= 15 is 0 Å². The van der Waals surface area contributed by atoms with Crippen molar-refractivity contribution in [3.8, 4) is 0 Å². The molecule has 0 heterocycles. The number of halogens is 13. The Hall–Kier alpha value is -0.965. The average molecular weight is 408 g/mol. The largest absolute Gasteiger partial charge is 0.633 e. The average Bonchev–Trinajstić information content (AvgIpc) is 2.35. The summed E-state index contributed by atoms with van der Waals surface area (Å²) >= 11 is 0. The second-order valence-corrected chi connectivity index (χ2v) is 4.45. The van der Waals surface area contributed by atoms with Crippen LogP contribution < -0.4 is 0 Å². The summed E-state index contributed by atoms with van der Waals surface area (Å²) < 4.78 is 167. The summed E-state index contributed by atoms with van der Waals surface area (Å²) in [5, 5.41) is 16.1. The van der Waals surface area contributed by atoms with E-state index in [-0.39, 0.29) is 0 Å². The van der Waals surface area contributed by atoms with Gasteiger partial charge in [0.15, 0.2) is 0 Å². The fraction of sp³-hybridized carbons (Fsp3) is 1.00. The molecule has 0 fully saturated rings. The van der Waals surface area contributed by atoms with Crippen LogP contribution in [0.5, 0.6) is 0 Å². The van der Waals surface area contributed by atoms with Crippen molar-refractivity contribution in [3.05, 3.63) is 0 Å². The van der Waals surface area contributed by atoms with E-state index < -0.39 is 56.1 Å². The minimum absolute atomic E-state index is 1.88. The zero-order valence-corrected chi connectivity index (χ0v) is 11.2. The third kappa shape index (κ3) is 3.91.